The molecule has 0 aliphatic heterocycles. The summed E-state index contributed by atoms with van der Waals surface area (Å²) in [6.07, 6.45) is 1.21. The molecule has 3 N–H and O–H groups in total. The lowest BCUT2D eigenvalue weighted by Crippen LogP contribution is -2.13. The van der Waals surface area contributed by atoms with E-state index in [2.05, 4.69) is 15.3 Å². The van der Waals surface area contributed by atoms with Crippen molar-refractivity contribution in [2.75, 3.05) is 11.1 Å². The molecule has 0 radical (unpaired) electrons. The summed E-state index contributed by atoms with van der Waals surface area (Å²) in [5, 5.41) is 4.40. The number of hydrogen-bond acceptors (Lipinski definition) is 5. The quantitative estimate of drug-likeness (QED) is 0.833. The van der Waals surface area contributed by atoms with Gasteiger partial charge in [-0.1, -0.05) is 23.2 Å². The molecular weight excluding hydrogens is 283 g/mol. The number of halogens is 2. The summed E-state index contributed by atoms with van der Waals surface area (Å²) < 4.78 is 0. The van der Waals surface area contributed by atoms with Gasteiger partial charge in [-0.2, -0.15) is 0 Å². The summed E-state index contributed by atoms with van der Waals surface area (Å²) in [4.78, 5) is 19.7. The van der Waals surface area contributed by atoms with Crippen LogP contribution in [-0.4, -0.2) is 15.9 Å². The van der Waals surface area contributed by atoms with Crippen LogP contribution in [-0.2, 0) is 0 Å². The van der Waals surface area contributed by atoms with Crippen molar-refractivity contribution >= 4 is 51.8 Å². The molecule has 0 spiro atoms. The standard InChI is InChI=1S/C9H6Cl2N4OS/c10-7-5(8(11)14-3-13-7)15-9(16)6-4(12)1-2-17-6/h1-3H,12H2,(H,15,16). The van der Waals surface area contributed by atoms with Crippen molar-refractivity contribution in [3.63, 3.8) is 0 Å². The average molecular weight is 289 g/mol. The molecule has 2 aromatic heterocycles. The molecule has 0 saturated heterocycles. The van der Waals surface area contributed by atoms with Gasteiger partial charge in [0.25, 0.3) is 5.91 Å². The van der Waals surface area contributed by atoms with Crippen LogP contribution in [0.3, 0.4) is 0 Å². The van der Waals surface area contributed by atoms with Gasteiger partial charge in [0.1, 0.15) is 16.9 Å². The highest BCUT2D eigenvalue weighted by Crippen LogP contribution is 2.27. The Hall–Kier alpha value is -1.37. The molecule has 0 aliphatic carbocycles. The fraction of sp³-hybridized carbons (Fsp3) is 0. The molecule has 0 unspecified atom stereocenters. The van der Waals surface area contributed by atoms with Gasteiger partial charge in [-0.3, -0.25) is 4.79 Å². The smallest absolute Gasteiger partial charge is 0.268 e. The number of aromatic nitrogens is 2. The Labute approximate surface area is 111 Å². The van der Waals surface area contributed by atoms with E-state index in [4.69, 9.17) is 28.9 Å². The topological polar surface area (TPSA) is 80.9 Å². The van der Waals surface area contributed by atoms with E-state index in [0.717, 1.165) is 0 Å². The average Bonchev–Trinajstić information content (AvgIpc) is 2.70. The first-order valence-corrected chi connectivity index (χ1v) is 6.03. The molecule has 0 atom stereocenters. The molecular formula is C9H6Cl2N4OS. The number of nitrogen functional groups attached to an aromatic ring is 1. The van der Waals surface area contributed by atoms with Crippen LogP contribution in [0, 0.1) is 0 Å². The summed E-state index contributed by atoms with van der Waals surface area (Å²) in [7, 11) is 0. The minimum Gasteiger partial charge on any atom is -0.397 e. The van der Waals surface area contributed by atoms with E-state index in [1.807, 2.05) is 0 Å². The van der Waals surface area contributed by atoms with Gasteiger partial charge in [0.15, 0.2) is 10.3 Å². The first kappa shape index (κ1) is 12.1. The molecule has 8 heteroatoms. The molecule has 0 bridgehead atoms. The number of anilines is 2. The SMILES string of the molecule is Nc1ccsc1C(=O)Nc1c(Cl)ncnc1Cl. The summed E-state index contributed by atoms with van der Waals surface area (Å²) in [6.45, 7) is 0. The maximum absolute atomic E-state index is 11.8. The van der Waals surface area contributed by atoms with E-state index >= 15 is 0 Å². The molecule has 2 aromatic rings. The molecule has 2 rings (SSSR count). The highest BCUT2D eigenvalue weighted by Gasteiger charge is 2.16. The predicted octanol–water partition coefficient (Wildman–Crippen LogP) is 2.68. The summed E-state index contributed by atoms with van der Waals surface area (Å²) in [6, 6.07) is 1.64. The number of rotatable bonds is 2. The summed E-state index contributed by atoms with van der Waals surface area (Å²) in [5.41, 5.74) is 6.20. The van der Waals surface area contributed by atoms with Crippen molar-refractivity contribution in [3.8, 4) is 0 Å². The fourth-order valence-corrected chi connectivity index (χ4v) is 2.24. The molecule has 17 heavy (non-hydrogen) atoms. The molecule has 0 saturated carbocycles. The number of nitrogens with zero attached hydrogens (tertiary/aromatic N) is 2. The van der Waals surface area contributed by atoms with E-state index < -0.39 is 5.91 Å². The van der Waals surface area contributed by atoms with Crippen molar-refractivity contribution in [3.05, 3.63) is 33.0 Å². The molecule has 0 aliphatic rings. The normalized spacial score (nSPS) is 10.2. The van der Waals surface area contributed by atoms with Gasteiger partial charge in [-0.05, 0) is 11.4 Å². The van der Waals surface area contributed by atoms with Gasteiger partial charge in [-0.15, -0.1) is 11.3 Å². The van der Waals surface area contributed by atoms with Crippen LogP contribution in [0.4, 0.5) is 11.4 Å². The number of amides is 1. The monoisotopic (exact) mass is 288 g/mol. The van der Waals surface area contributed by atoms with E-state index in [1.165, 1.54) is 17.7 Å². The maximum Gasteiger partial charge on any atom is 0.268 e. The van der Waals surface area contributed by atoms with Gasteiger partial charge in [0.05, 0.1) is 5.69 Å². The Kier molecular flexibility index (Phi) is 3.46. The number of hydrogen-bond donors (Lipinski definition) is 2. The predicted molar refractivity (Wildman–Crippen MR) is 68.7 cm³/mol. The van der Waals surface area contributed by atoms with Crippen LogP contribution < -0.4 is 11.1 Å². The first-order valence-electron chi connectivity index (χ1n) is 4.40. The van der Waals surface area contributed by atoms with Gasteiger partial charge in [0, 0.05) is 0 Å². The van der Waals surface area contributed by atoms with Gasteiger partial charge < -0.3 is 11.1 Å². The number of carbonyl (C=O) groups excluding carboxylic acids is 1. The third-order valence-corrected chi connectivity index (χ3v) is 3.40. The lowest BCUT2D eigenvalue weighted by atomic mass is 10.3. The Bertz CT molecular complexity index is 552. The third kappa shape index (κ3) is 2.49. The largest absolute Gasteiger partial charge is 0.397 e. The zero-order valence-electron chi connectivity index (χ0n) is 8.28. The van der Waals surface area contributed by atoms with Crippen LogP contribution in [0.15, 0.2) is 17.8 Å². The second-order valence-electron chi connectivity index (χ2n) is 2.99. The molecule has 2 heterocycles. The van der Waals surface area contributed by atoms with Crippen LogP contribution in [0.1, 0.15) is 9.67 Å². The molecule has 5 nitrogen and oxygen atoms in total. The van der Waals surface area contributed by atoms with Gasteiger partial charge in [-0.25, -0.2) is 9.97 Å². The Morgan fingerprint density at radius 1 is 1.35 bits per heavy atom. The second kappa shape index (κ2) is 4.87. The van der Waals surface area contributed by atoms with E-state index in [-0.39, 0.29) is 16.0 Å². The number of carbonyl (C=O) groups is 1. The fourth-order valence-electron chi connectivity index (χ4n) is 1.12. The lowest BCUT2D eigenvalue weighted by Gasteiger charge is -2.06. The van der Waals surface area contributed by atoms with E-state index in [1.54, 1.807) is 11.4 Å². The summed E-state index contributed by atoms with van der Waals surface area (Å²) >= 11 is 12.8. The van der Waals surface area contributed by atoms with Crippen molar-refractivity contribution in [1.29, 1.82) is 0 Å². The number of nitrogens with two attached hydrogens (primary N) is 1. The van der Waals surface area contributed by atoms with Crippen LogP contribution >= 0.6 is 34.5 Å². The van der Waals surface area contributed by atoms with Crippen LogP contribution in [0.5, 0.6) is 0 Å². The first-order chi connectivity index (χ1) is 8.09. The Balaban J connectivity index is 2.28. The number of thiophene rings is 1. The van der Waals surface area contributed by atoms with Crippen LogP contribution in [0.25, 0.3) is 0 Å². The lowest BCUT2D eigenvalue weighted by molar-refractivity contribution is 0.103. The highest BCUT2D eigenvalue weighted by atomic mass is 35.5. The van der Waals surface area contributed by atoms with Crippen LogP contribution in [0.2, 0.25) is 10.3 Å². The van der Waals surface area contributed by atoms with Crippen molar-refractivity contribution in [2.45, 2.75) is 0 Å². The minimum atomic E-state index is -0.392. The Morgan fingerprint density at radius 3 is 2.53 bits per heavy atom. The van der Waals surface area contributed by atoms with Gasteiger partial charge >= 0.3 is 0 Å². The molecule has 0 fully saturated rings. The Morgan fingerprint density at radius 2 is 2.00 bits per heavy atom. The summed E-state index contributed by atoms with van der Waals surface area (Å²) in [5.74, 6) is -0.392. The van der Waals surface area contributed by atoms with E-state index in [0.29, 0.717) is 10.6 Å². The van der Waals surface area contributed by atoms with E-state index in [9.17, 15) is 4.79 Å². The third-order valence-electron chi connectivity index (χ3n) is 1.90. The number of nitrogens with one attached hydrogen (secondary N) is 1. The zero-order valence-corrected chi connectivity index (χ0v) is 10.6. The minimum absolute atomic E-state index is 0.0773. The van der Waals surface area contributed by atoms with Crippen molar-refractivity contribution in [1.82, 2.24) is 9.97 Å². The highest BCUT2D eigenvalue weighted by molar-refractivity contribution is 7.12. The van der Waals surface area contributed by atoms with Crippen molar-refractivity contribution < 1.29 is 4.79 Å². The maximum atomic E-state index is 11.8. The second-order valence-corrected chi connectivity index (χ2v) is 4.62. The zero-order chi connectivity index (χ0) is 12.4. The molecule has 0 aromatic carbocycles. The molecule has 1 amide bonds. The van der Waals surface area contributed by atoms with Gasteiger partial charge in [0.2, 0.25) is 0 Å². The van der Waals surface area contributed by atoms with Crippen molar-refractivity contribution in [2.24, 2.45) is 0 Å². The molecule has 88 valence electrons.